The van der Waals surface area contributed by atoms with Crippen molar-refractivity contribution in [3.05, 3.63) is 0 Å². The molecule has 0 aliphatic carbocycles. The van der Waals surface area contributed by atoms with Crippen molar-refractivity contribution in [1.29, 1.82) is 0 Å². The van der Waals surface area contributed by atoms with Crippen molar-refractivity contribution in [3.63, 3.8) is 0 Å². The molecule has 94 heavy (non-hydrogen) atoms. The fourth-order valence-corrected chi connectivity index (χ4v) is 6.14. The third kappa shape index (κ3) is 11.1. The summed E-state index contributed by atoms with van der Waals surface area (Å²) in [5.74, 6) is -258. The van der Waals surface area contributed by atoms with Crippen LogP contribution in [0.2, 0.25) is 0 Å². The van der Waals surface area contributed by atoms with E-state index in [4.69, 9.17) is 0 Å². The first-order chi connectivity index (χ1) is 39.5. The van der Waals surface area contributed by atoms with Crippen molar-refractivity contribution in [2.45, 2.75) is 161 Å². The van der Waals surface area contributed by atoms with E-state index in [1.54, 1.807) is 11.4 Å². The zero-order chi connectivity index (χ0) is 77.9. The molecule has 6 nitrogen and oxygen atoms in total. The van der Waals surface area contributed by atoms with Gasteiger partial charge in [0.25, 0.3) is 0 Å². The fraction of sp³-hybridized carbons (Fsp3) is 0.900. The van der Waals surface area contributed by atoms with Gasteiger partial charge in [-0.25, -0.2) is 14.4 Å². The zero-order valence-corrected chi connectivity index (χ0v) is 40.7. The van der Waals surface area contributed by atoms with Gasteiger partial charge in [0.2, 0.25) is 0 Å². The van der Waals surface area contributed by atoms with Gasteiger partial charge < -0.3 is 11.4 Å². The number of hydrogen-bond donors (Lipinski definition) is 0. The third-order valence-electron chi connectivity index (χ3n) is 10.7. The van der Waals surface area contributed by atoms with E-state index in [2.05, 4.69) is 0 Å². The molecule has 0 aromatic carbocycles. The van der Waals surface area contributed by atoms with Crippen LogP contribution in [0.4, 0.5) is 250 Å². The van der Waals surface area contributed by atoms with Gasteiger partial charge in [-0.1, -0.05) is 0 Å². The Morgan fingerprint density at radius 3 is 0.330 bits per heavy atom. The summed E-state index contributed by atoms with van der Waals surface area (Å²) in [6.45, 7) is 0. The average Bonchev–Trinajstić information content (AvgIpc) is 0.701. The Balaban J connectivity index is 8.89. The number of alkyl halides is 57. The maximum absolute atomic E-state index is 14.6. The summed E-state index contributed by atoms with van der Waals surface area (Å²) in [6, 6.07) is 0. The molecule has 0 saturated carbocycles. The van der Waals surface area contributed by atoms with Gasteiger partial charge in [0, 0.05) is 0 Å². The van der Waals surface area contributed by atoms with E-state index in [-0.39, 0.29) is 0 Å². The van der Waals surface area contributed by atoms with E-state index in [0.717, 1.165) is 0 Å². The summed E-state index contributed by atoms with van der Waals surface area (Å²) in [5.41, 5.74) is 0. The first-order valence-corrected chi connectivity index (χ1v) is 20.9. The molecule has 0 N–H and O–H groups in total. The van der Waals surface area contributed by atoms with Crippen LogP contribution >= 0.6 is 0 Å². The molecule has 0 spiro atoms. The van der Waals surface area contributed by atoms with E-state index in [0.29, 0.717) is 0 Å². The topological polar surface area (TPSA) is 78.9 Å². The minimum Gasteiger partial charge on any atom is -0.546 e. The van der Waals surface area contributed by atoms with Crippen molar-refractivity contribution in [1.82, 2.24) is 0 Å². The highest BCUT2D eigenvalue weighted by molar-refractivity contribution is 6.44. The van der Waals surface area contributed by atoms with Crippen molar-refractivity contribution in [2.75, 3.05) is 0 Å². The summed E-state index contributed by atoms with van der Waals surface area (Å²) in [7, 11) is 0. The first-order valence-electron chi connectivity index (χ1n) is 19.5. The van der Waals surface area contributed by atoms with Gasteiger partial charge in [-0.3, -0.25) is 0 Å². The fourth-order valence-electron chi connectivity index (χ4n) is 5.02. The molecule has 558 valence electrons. The molecule has 0 radical (unpaired) electrons. The first kappa shape index (κ1) is 89.0. The lowest BCUT2D eigenvalue weighted by Gasteiger charge is -2.43. The highest BCUT2D eigenvalue weighted by Crippen LogP contribution is 2.70. The largest absolute Gasteiger partial charge is 1.20 e. The van der Waals surface area contributed by atoms with Crippen LogP contribution in [0.15, 0.2) is 0 Å². The monoisotopic (exact) mass is 1570 g/mol. The normalized spacial score (nSPS) is 16.7. The molecule has 0 atom stereocenters. The van der Waals surface area contributed by atoms with Crippen LogP contribution in [0.25, 0.3) is 0 Å². The van der Waals surface area contributed by atoms with Gasteiger partial charge in [-0.2, -0.15) is 250 Å². The van der Waals surface area contributed by atoms with Crippen LogP contribution in [-0.2, 0) is 25.7 Å². The molecule has 0 aliphatic heterocycles. The maximum Gasteiger partial charge on any atom is 1.20 e. The number of hydrogen-bond acceptors (Lipinski definition) is 6. The average molecular weight is 1570 g/mol. The highest BCUT2D eigenvalue weighted by Gasteiger charge is 3.01. The minimum absolute atomic E-state index is 1.62. The molecule has 0 amide bonds. The Kier molecular flexibility index (Phi) is 21.3. The predicted molar refractivity (Wildman–Crippen MR) is 161 cm³/mol. The van der Waals surface area contributed by atoms with Gasteiger partial charge >= 0.3 is 194 Å². The van der Waals surface area contributed by atoms with E-state index in [1.807, 2.05) is 0 Å². The van der Waals surface area contributed by atoms with E-state index in [9.17, 15) is 265 Å². The zero-order valence-electron chi connectivity index (χ0n) is 39.6. The van der Waals surface area contributed by atoms with Crippen molar-refractivity contribution in [2.24, 2.45) is 0 Å². The second-order valence-electron chi connectivity index (χ2n) is 16.8. The summed E-state index contributed by atoms with van der Waals surface area (Å²) < 4.78 is 785. The van der Waals surface area contributed by atoms with Gasteiger partial charge in [-0.05, 0) is 0 Å². The van der Waals surface area contributed by atoms with Gasteiger partial charge in [0.1, 0.15) is 0 Å². The molecular formula is C30AlF57O6. The molecule has 0 aliphatic rings. The second-order valence-corrected chi connectivity index (χ2v) is 18.1. The van der Waals surface area contributed by atoms with E-state index < -0.39 is 194 Å². The maximum atomic E-state index is 14.6. The number of rotatable bonds is 27. The SMILES string of the molecule is O=C([O][Al]([O]C(=O)C(F)(F)C(F)(F)C(F)(F)C(F)(F)C(F)(F)C(F)(F)C(F)(F)C(F)(F)C(F)(F)F)[O]C(=O)C(F)(F)C(F)(F)C(F)(F)C(F)(F)C(F)(F)C(F)(F)C(F)(F)C(F)(F)C(F)(F)F)C(F)(F)C(F)(F)C(F)(F)C(F)(F)C(F)(F)C(F)(F)C(F)(F)C(F)(F)C(F)(F)F. The molecule has 64 heteroatoms. The standard InChI is InChI=1S/3C10HF19O2.Al/c3*11-2(12,1(30)31)3(13,14)4(15,16)5(17,18)6(19,20)7(21,22)8(23,24)9(25,26)10(27,28)29;/h3*(H,30,31);/q;;;+3/p-3. The number of carbonyl (C=O) groups is 3. The van der Waals surface area contributed by atoms with Crippen LogP contribution in [0.5, 0.6) is 0 Å². The highest BCUT2D eigenvalue weighted by atomic mass is 27.3. The summed E-state index contributed by atoms with van der Waals surface area (Å²) in [5, 5.41) is 0. The summed E-state index contributed by atoms with van der Waals surface area (Å²) in [6.07, 6.45) is -26.0. The Labute approximate surface area is 470 Å². The van der Waals surface area contributed by atoms with Crippen LogP contribution in [-0.4, -0.2) is 194 Å². The molecule has 0 heterocycles. The van der Waals surface area contributed by atoms with E-state index >= 15 is 0 Å². The van der Waals surface area contributed by atoms with Gasteiger partial charge in [-0.15, -0.1) is 0 Å². The molecule has 0 fully saturated rings. The quantitative estimate of drug-likeness (QED) is 0.0602. The molecule has 0 saturated heterocycles. The second kappa shape index (κ2) is 22.5. The lowest BCUT2D eigenvalue weighted by molar-refractivity contribution is -0.467. The van der Waals surface area contributed by atoms with Gasteiger partial charge in [0.15, 0.2) is 0 Å². The van der Waals surface area contributed by atoms with Crippen LogP contribution in [0, 0.1) is 0 Å². The minimum atomic E-state index is -10.3. The van der Waals surface area contributed by atoms with Crippen molar-refractivity contribution < 1.29 is 276 Å². The lowest BCUT2D eigenvalue weighted by Crippen LogP contribution is -2.76. The summed E-state index contributed by atoms with van der Waals surface area (Å²) in [4.78, 5) is 35.3. The molecule has 0 aromatic heterocycles. The smallest absolute Gasteiger partial charge is 0.546 e. The number of carbonyl (C=O) groups excluding carboxylic acids is 3. The molecule has 0 aromatic rings. The Bertz CT molecular complexity index is 2490. The Morgan fingerprint density at radius 2 is 0.234 bits per heavy atom. The van der Waals surface area contributed by atoms with Crippen LogP contribution in [0.3, 0.4) is 0 Å². The molecule has 0 bridgehead atoms. The van der Waals surface area contributed by atoms with E-state index in [1.165, 1.54) is 0 Å². The predicted octanol–water partition coefficient (Wildman–Crippen LogP) is 16.5. The molecule has 0 rings (SSSR count). The van der Waals surface area contributed by atoms with Gasteiger partial charge in [0.05, 0.1) is 0 Å². The van der Waals surface area contributed by atoms with Crippen LogP contribution < -0.4 is 0 Å². The summed E-state index contributed by atoms with van der Waals surface area (Å²) >= 11 is -9.53. The Hall–Kier alpha value is -5.05. The lowest BCUT2D eigenvalue weighted by atomic mass is 9.87. The van der Waals surface area contributed by atoms with Crippen LogP contribution in [0.1, 0.15) is 0 Å². The van der Waals surface area contributed by atoms with Crippen molar-refractivity contribution >= 4 is 33.1 Å². The number of halogens is 57. The molecular weight excluding hydrogens is 1570 g/mol. The van der Waals surface area contributed by atoms with Crippen molar-refractivity contribution in [3.8, 4) is 0 Å². The molecule has 0 unspecified atom stereocenters. The third-order valence-corrected chi connectivity index (χ3v) is 11.9. The Morgan fingerprint density at radius 1 is 0.149 bits per heavy atom.